The van der Waals surface area contributed by atoms with Crippen LogP contribution in [0.15, 0.2) is 60.7 Å². The SMILES string of the molecule is CCCCC(COC(=O)c1ccccc1)(COC(=O)c1ccccc1)C(C)C. The van der Waals surface area contributed by atoms with Crippen LogP contribution in [0.25, 0.3) is 0 Å². The Bertz CT molecular complexity index is 682. The third-order valence-electron chi connectivity index (χ3n) is 5.25. The van der Waals surface area contributed by atoms with E-state index in [1.54, 1.807) is 24.3 Å². The second-order valence-electron chi connectivity index (χ2n) is 7.50. The van der Waals surface area contributed by atoms with Gasteiger partial charge in [-0.05, 0) is 36.6 Å². The van der Waals surface area contributed by atoms with Crippen LogP contribution in [-0.2, 0) is 9.47 Å². The molecule has 0 aliphatic rings. The highest BCUT2D eigenvalue weighted by Crippen LogP contribution is 2.35. The highest BCUT2D eigenvalue weighted by molar-refractivity contribution is 5.89. The molecule has 0 aliphatic carbocycles. The number of hydrogen-bond donors (Lipinski definition) is 0. The van der Waals surface area contributed by atoms with Crippen LogP contribution in [0.2, 0.25) is 0 Å². The summed E-state index contributed by atoms with van der Waals surface area (Å²) in [4.78, 5) is 24.8. The number of esters is 2. The molecule has 2 aromatic carbocycles. The van der Waals surface area contributed by atoms with Crippen LogP contribution in [0.4, 0.5) is 0 Å². The molecule has 0 aromatic heterocycles. The van der Waals surface area contributed by atoms with Crippen molar-refractivity contribution in [2.45, 2.75) is 40.0 Å². The monoisotopic (exact) mass is 382 g/mol. The van der Waals surface area contributed by atoms with Gasteiger partial charge in [0.05, 0.1) is 11.1 Å². The molecule has 0 saturated carbocycles. The fraction of sp³-hybridized carbons (Fsp3) is 0.417. The van der Waals surface area contributed by atoms with Crippen LogP contribution in [0.5, 0.6) is 0 Å². The van der Waals surface area contributed by atoms with E-state index in [2.05, 4.69) is 20.8 Å². The van der Waals surface area contributed by atoms with Gasteiger partial charge in [0.2, 0.25) is 0 Å². The smallest absolute Gasteiger partial charge is 0.338 e. The molecule has 0 amide bonds. The van der Waals surface area contributed by atoms with Crippen LogP contribution >= 0.6 is 0 Å². The number of carbonyl (C=O) groups is 2. The maximum atomic E-state index is 12.4. The minimum absolute atomic E-state index is 0.186. The second kappa shape index (κ2) is 10.6. The van der Waals surface area contributed by atoms with Gasteiger partial charge in [0.1, 0.15) is 13.2 Å². The van der Waals surface area contributed by atoms with Gasteiger partial charge in [0.15, 0.2) is 0 Å². The molecule has 0 fully saturated rings. The van der Waals surface area contributed by atoms with E-state index in [0.29, 0.717) is 11.1 Å². The first-order valence-corrected chi connectivity index (χ1v) is 9.93. The van der Waals surface area contributed by atoms with Crippen molar-refractivity contribution in [1.82, 2.24) is 0 Å². The lowest BCUT2D eigenvalue weighted by molar-refractivity contribution is -0.0292. The summed E-state index contributed by atoms with van der Waals surface area (Å²) in [6, 6.07) is 17.9. The van der Waals surface area contributed by atoms with Crippen LogP contribution < -0.4 is 0 Å². The van der Waals surface area contributed by atoms with Gasteiger partial charge in [-0.1, -0.05) is 70.0 Å². The van der Waals surface area contributed by atoms with Crippen molar-refractivity contribution >= 4 is 11.9 Å². The van der Waals surface area contributed by atoms with E-state index in [4.69, 9.17) is 9.47 Å². The molecule has 0 unspecified atom stereocenters. The summed E-state index contributed by atoms with van der Waals surface area (Å²) in [6.45, 7) is 6.74. The minimum Gasteiger partial charge on any atom is -0.461 e. The van der Waals surface area contributed by atoms with Gasteiger partial charge in [-0.2, -0.15) is 0 Å². The zero-order valence-corrected chi connectivity index (χ0v) is 17.0. The van der Waals surface area contributed by atoms with Gasteiger partial charge < -0.3 is 9.47 Å². The number of hydrogen-bond acceptors (Lipinski definition) is 4. The van der Waals surface area contributed by atoms with E-state index in [1.807, 2.05) is 36.4 Å². The Labute approximate surface area is 167 Å². The van der Waals surface area contributed by atoms with E-state index >= 15 is 0 Å². The molecule has 0 heterocycles. The topological polar surface area (TPSA) is 52.6 Å². The third kappa shape index (κ3) is 5.95. The molecule has 0 radical (unpaired) electrons. The molecule has 0 bridgehead atoms. The summed E-state index contributed by atoms with van der Waals surface area (Å²) in [5.41, 5.74) is 0.638. The largest absolute Gasteiger partial charge is 0.461 e. The Kier molecular flexibility index (Phi) is 8.24. The van der Waals surface area contributed by atoms with Crippen molar-refractivity contribution in [3.63, 3.8) is 0 Å². The average Bonchev–Trinajstić information content (AvgIpc) is 2.74. The number of ether oxygens (including phenoxy) is 2. The van der Waals surface area contributed by atoms with Gasteiger partial charge in [-0.25, -0.2) is 9.59 Å². The summed E-state index contributed by atoms with van der Waals surface area (Å²) in [6.07, 6.45) is 2.82. The quantitative estimate of drug-likeness (QED) is 0.507. The van der Waals surface area contributed by atoms with Gasteiger partial charge in [-0.15, -0.1) is 0 Å². The molecule has 0 N–H and O–H groups in total. The van der Waals surface area contributed by atoms with Crippen LogP contribution in [-0.4, -0.2) is 25.2 Å². The van der Waals surface area contributed by atoms with Crippen LogP contribution in [0.3, 0.4) is 0 Å². The standard InChI is InChI=1S/C24H30O4/c1-4-5-16-24(19(2)3,17-27-22(25)20-12-8-6-9-13-20)18-28-23(26)21-14-10-7-11-15-21/h6-15,19H,4-5,16-18H2,1-3H3. The molecular weight excluding hydrogens is 352 g/mol. The summed E-state index contributed by atoms with van der Waals surface area (Å²) >= 11 is 0. The summed E-state index contributed by atoms with van der Waals surface area (Å²) in [5.74, 6) is -0.515. The van der Waals surface area contributed by atoms with Gasteiger partial charge in [0.25, 0.3) is 0 Å². The Balaban J connectivity index is 2.09. The highest BCUT2D eigenvalue weighted by Gasteiger charge is 2.37. The first-order valence-electron chi connectivity index (χ1n) is 9.93. The lowest BCUT2D eigenvalue weighted by Crippen LogP contribution is -2.39. The number of unbranched alkanes of at least 4 members (excludes halogenated alkanes) is 1. The van der Waals surface area contributed by atoms with E-state index in [-0.39, 0.29) is 31.1 Å². The zero-order chi connectivity index (χ0) is 20.4. The van der Waals surface area contributed by atoms with Gasteiger partial charge >= 0.3 is 11.9 Å². The first kappa shape index (κ1) is 21.7. The molecule has 0 atom stereocenters. The van der Waals surface area contributed by atoms with E-state index in [9.17, 15) is 9.59 Å². The maximum Gasteiger partial charge on any atom is 0.338 e. The number of rotatable bonds is 10. The predicted molar refractivity (Wildman–Crippen MR) is 110 cm³/mol. The molecule has 0 spiro atoms. The Morgan fingerprint density at radius 1 is 0.821 bits per heavy atom. The van der Waals surface area contributed by atoms with E-state index in [0.717, 1.165) is 19.3 Å². The predicted octanol–water partition coefficient (Wildman–Crippen LogP) is 5.53. The van der Waals surface area contributed by atoms with E-state index in [1.165, 1.54) is 0 Å². The normalized spacial score (nSPS) is 11.3. The Morgan fingerprint density at radius 2 is 1.25 bits per heavy atom. The minimum atomic E-state index is -0.412. The molecule has 0 aliphatic heterocycles. The van der Waals surface area contributed by atoms with Crippen molar-refractivity contribution in [2.75, 3.05) is 13.2 Å². The van der Waals surface area contributed by atoms with Gasteiger partial charge in [-0.3, -0.25) is 0 Å². The molecule has 0 saturated heterocycles. The van der Waals surface area contributed by atoms with Crippen LogP contribution in [0.1, 0.15) is 60.7 Å². The van der Waals surface area contributed by atoms with Gasteiger partial charge in [0, 0.05) is 5.41 Å². The third-order valence-corrected chi connectivity index (χ3v) is 5.25. The summed E-state index contributed by atoms with van der Waals surface area (Å²) in [5, 5.41) is 0. The average molecular weight is 383 g/mol. The maximum absolute atomic E-state index is 12.4. The van der Waals surface area contributed by atoms with Crippen molar-refractivity contribution in [2.24, 2.45) is 11.3 Å². The molecule has 2 rings (SSSR count). The number of benzene rings is 2. The Hall–Kier alpha value is -2.62. The molecule has 4 nitrogen and oxygen atoms in total. The molecule has 2 aromatic rings. The zero-order valence-electron chi connectivity index (χ0n) is 17.0. The second-order valence-corrected chi connectivity index (χ2v) is 7.50. The summed E-state index contributed by atoms with van der Waals surface area (Å²) < 4.78 is 11.3. The first-order chi connectivity index (χ1) is 13.5. The fourth-order valence-corrected chi connectivity index (χ4v) is 3.07. The molecule has 4 heteroatoms. The molecule has 150 valence electrons. The van der Waals surface area contributed by atoms with Crippen molar-refractivity contribution < 1.29 is 19.1 Å². The van der Waals surface area contributed by atoms with Crippen molar-refractivity contribution in [1.29, 1.82) is 0 Å². The molecule has 28 heavy (non-hydrogen) atoms. The van der Waals surface area contributed by atoms with E-state index < -0.39 is 5.41 Å². The van der Waals surface area contributed by atoms with Crippen LogP contribution in [0, 0.1) is 11.3 Å². The fourth-order valence-electron chi connectivity index (χ4n) is 3.07. The lowest BCUT2D eigenvalue weighted by Gasteiger charge is -2.36. The Morgan fingerprint density at radius 3 is 1.61 bits per heavy atom. The van der Waals surface area contributed by atoms with Crippen molar-refractivity contribution in [3.05, 3.63) is 71.8 Å². The molecular formula is C24H30O4. The highest BCUT2D eigenvalue weighted by atomic mass is 16.5. The van der Waals surface area contributed by atoms with Crippen molar-refractivity contribution in [3.8, 4) is 0 Å². The summed E-state index contributed by atoms with van der Waals surface area (Å²) in [7, 11) is 0. The lowest BCUT2D eigenvalue weighted by atomic mass is 9.74. The number of carbonyl (C=O) groups excluding carboxylic acids is 2.